The number of benzene rings is 3. The van der Waals surface area contributed by atoms with Crippen LogP contribution in [0.25, 0.3) is 10.9 Å². The molecule has 0 saturated heterocycles. The van der Waals surface area contributed by atoms with E-state index >= 15 is 0 Å². The number of H-pyrrole nitrogens is 1. The van der Waals surface area contributed by atoms with Crippen LogP contribution in [0, 0.1) is 0 Å². The number of hydrogen-bond donors (Lipinski definition) is 4. The van der Waals surface area contributed by atoms with E-state index in [2.05, 4.69) is 20.9 Å². The van der Waals surface area contributed by atoms with Gasteiger partial charge in [0.05, 0.1) is 6.54 Å². The zero-order valence-electron chi connectivity index (χ0n) is 18.9. The molecule has 35 heavy (non-hydrogen) atoms. The summed E-state index contributed by atoms with van der Waals surface area (Å²) in [6.07, 6.45) is 2.08. The molecule has 1 atom stereocenters. The molecule has 0 spiro atoms. The van der Waals surface area contributed by atoms with Crippen LogP contribution in [0.4, 0.5) is 0 Å². The fourth-order valence-electron chi connectivity index (χ4n) is 3.72. The Morgan fingerprint density at radius 2 is 1.57 bits per heavy atom. The molecular weight excluding hydrogens is 464 g/mol. The Morgan fingerprint density at radius 1 is 0.857 bits per heavy atom. The Balaban J connectivity index is 1.43. The molecule has 0 unspecified atom stereocenters. The van der Waals surface area contributed by atoms with Gasteiger partial charge >= 0.3 is 0 Å². The van der Waals surface area contributed by atoms with Crippen molar-refractivity contribution in [3.8, 4) is 0 Å². The van der Waals surface area contributed by atoms with E-state index in [1.54, 1.807) is 24.3 Å². The molecule has 7 nitrogen and oxygen atoms in total. The lowest BCUT2D eigenvalue weighted by molar-refractivity contribution is -0.127. The molecule has 0 bridgehead atoms. The molecule has 0 radical (unpaired) electrons. The van der Waals surface area contributed by atoms with E-state index in [4.69, 9.17) is 11.6 Å². The quantitative estimate of drug-likeness (QED) is 0.289. The number of carbonyl (C=O) groups is 3. The van der Waals surface area contributed by atoms with Crippen LogP contribution in [-0.2, 0) is 22.6 Å². The fraction of sp³-hybridized carbons (Fsp3) is 0.148. The molecule has 4 rings (SSSR count). The third-order valence-electron chi connectivity index (χ3n) is 5.58. The number of hydrogen-bond acceptors (Lipinski definition) is 3. The van der Waals surface area contributed by atoms with Crippen molar-refractivity contribution in [2.75, 3.05) is 6.54 Å². The van der Waals surface area contributed by atoms with Crippen LogP contribution in [0.3, 0.4) is 0 Å². The summed E-state index contributed by atoms with van der Waals surface area (Å²) in [7, 11) is 0. The highest BCUT2D eigenvalue weighted by Crippen LogP contribution is 2.19. The van der Waals surface area contributed by atoms with E-state index in [0.29, 0.717) is 17.1 Å². The highest BCUT2D eigenvalue weighted by Gasteiger charge is 2.23. The number of aromatic amines is 1. The SMILES string of the molecule is O=C(CNC(=O)[C@H](Cc1c[nH]c2ccccc12)NC(=O)c1ccc(Cl)cc1)NCc1ccccc1. The number of aromatic nitrogens is 1. The second-order valence-corrected chi connectivity index (χ2v) is 8.51. The average molecular weight is 489 g/mol. The molecule has 0 aliphatic carbocycles. The molecule has 0 saturated carbocycles. The van der Waals surface area contributed by atoms with Crippen molar-refractivity contribution in [3.63, 3.8) is 0 Å². The lowest BCUT2D eigenvalue weighted by atomic mass is 10.0. The minimum Gasteiger partial charge on any atom is -0.361 e. The zero-order valence-corrected chi connectivity index (χ0v) is 19.6. The first-order valence-electron chi connectivity index (χ1n) is 11.2. The van der Waals surface area contributed by atoms with Gasteiger partial charge in [0.15, 0.2) is 0 Å². The van der Waals surface area contributed by atoms with Gasteiger partial charge in [0.1, 0.15) is 6.04 Å². The maximum absolute atomic E-state index is 13.1. The maximum atomic E-state index is 13.1. The average Bonchev–Trinajstić information content (AvgIpc) is 3.29. The minimum atomic E-state index is -0.890. The predicted molar refractivity (Wildman–Crippen MR) is 136 cm³/mol. The number of fused-ring (bicyclic) bond motifs is 1. The standard InChI is InChI=1S/C27H25ClN4O3/c28-21-12-10-19(11-13-21)26(34)32-24(14-20-16-29-23-9-5-4-8-22(20)23)27(35)31-17-25(33)30-15-18-6-2-1-3-7-18/h1-13,16,24,29H,14-15,17H2,(H,30,33)(H,31,35)(H,32,34)/t24-/m0/s1. The van der Waals surface area contributed by atoms with Gasteiger partial charge in [-0.1, -0.05) is 60.1 Å². The third kappa shape index (κ3) is 6.49. The van der Waals surface area contributed by atoms with Gasteiger partial charge in [-0.3, -0.25) is 14.4 Å². The van der Waals surface area contributed by atoms with E-state index in [1.165, 1.54) is 0 Å². The molecule has 1 heterocycles. The van der Waals surface area contributed by atoms with Crippen LogP contribution in [0.15, 0.2) is 85.1 Å². The van der Waals surface area contributed by atoms with Crippen LogP contribution in [0.1, 0.15) is 21.5 Å². The van der Waals surface area contributed by atoms with Gasteiger partial charge in [-0.05, 0) is 41.5 Å². The summed E-state index contributed by atoms with van der Waals surface area (Å²) in [6.45, 7) is 0.161. The topological polar surface area (TPSA) is 103 Å². The maximum Gasteiger partial charge on any atom is 0.251 e. The Labute approximate surface area is 207 Å². The van der Waals surface area contributed by atoms with Crippen LogP contribution in [0.5, 0.6) is 0 Å². The van der Waals surface area contributed by atoms with Crippen molar-refractivity contribution in [1.29, 1.82) is 0 Å². The van der Waals surface area contributed by atoms with Crippen LogP contribution in [-0.4, -0.2) is 35.3 Å². The van der Waals surface area contributed by atoms with Crippen molar-refractivity contribution >= 4 is 40.2 Å². The second kappa shape index (κ2) is 11.4. The molecule has 4 N–H and O–H groups in total. The summed E-state index contributed by atoms with van der Waals surface area (Å²) in [5.74, 6) is -1.18. The van der Waals surface area contributed by atoms with Gasteiger partial charge in [0.2, 0.25) is 11.8 Å². The van der Waals surface area contributed by atoms with Crippen molar-refractivity contribution in [1.82, 2.24) is 20.9 Å². The summed E-state index contributed by atoms with van der Waals surface area (Å²) < 4.78 is 0. The molecule has 178 valence electrons. The van der Waals surface area contributed by atoms with E-state index in [-0.39, 0.29) is 18.9 Å². The van der Waals surface area contributed by atoms with E-state index in [0.717, 1.165) is 22.0 Å². The first-order chi connectivity index (χ1) is 17.0. The van der Waals surface area contributed by atoms with Gasteiger partial charge in [0.25, 0.3) is 5.91 Å². The van der Waals surface area contributed by atoms with E-state index in [1.807, 2.05) is 60.8 Å². The molecule has 8 heteroatoms. The van der Waals surface area contributed by atoms with Crippen LogP contribution < -0.4 is 16.0 Å². The third-order valence-corrected chi connectivity index (χ3v) is 5.83. The fourth-order valence-corrected chi connectivity index (χ4v) is 3.85. The molecule has 0 fully saturated rings. The largest absolute Gasteiger partial charge is 0.361 e. The van der Waals surface area contributed by atoms with Crippen LogP contribution in [0.2, 0.25) is 5.02 Å². The summed E-state index contributed by atoms with van der Waals surface area (Å²) >= 11 is 5.92. The van der Waals surface area contributed by atoms with Gasteiger partial charge in [-0.25, -0.2) is 0 Å². The number of nitrogens with one attached hydrogen (secondary N) is 4. The molecule has 0 aliphatic rings. The van der Waals surface area contributed by atoms with Crippen molar-refractivity contribution in [2.45, 2.75) is 19.0 Å². The smallest absolute Gasteiger partial charge is 0.251 e. The summed E-state index contributed by atoms with van der Waals surface area (Å²) in [5, 5.41) is 9.70. The molecule has 4 aromatic rings. The number of amides is 3. The first-order valence-corrected chi connectivity index (χ1v) is 11.6. The molecular formula is C27H25ClN4O3. The number of carbonyl (C=O) groups excluding carboxylic acids is 3. The zero-order chi connectivity index (χ0) is 24.6. The Kier molecular flexibility index (Phi) is 7.80. The molecule has 1 aromatic heterocycles. The number of halogens is 1. The normalized spacial score (nSPS) is 11.6. The highest BCUT2D eigenvalue weighted by atomic mass is 35.5. The summed E-state index contributed by atoms with van der Waals surface area (Å²) in [5.41, 5.74) is 3.16. The molecule has 0 aliphatic heterocycles. The summed E-state index contributed by atoms with van der Waals surface area (Å²) in [4.78, 5) is 41.4. The Morgan fingerprint density at radius 3 is 2.34 bits per heavy atom. The van der Waals surface area contributed by atoms with Gasteiger partial charge in [0, 0.05) is 40.7 Å². The molecule has 3 aromatic carbocycles. The first kappa shape index (κ1) is 24.0. The number of rotatable bonds is 9. The lowest BCUT2D eigenvalue weighted by Gasteiger charge is -2.18. The van der Waals surface area contributed by atoms with Crippen molar-refractivity contribution < 1.29 is 14.4 Å². The Hall–Kier alpha value is -4.10. The molecule has 3 amide bonds. The van der Waals surface area contributed by atoms with Gasteiger partial charge in [-0.15, -0.1) is 0 Å². The minimum absolute atomic E-state index is 0.202. The van der Waals surface area contributed by atoms with Crippen molar-refractivity contribution in [3.05, 3.63) is 107 Å². The van der Waals surface area contributed by atoms with Crippen molar-refractivity contribution in [2.24, 2.45) is 0 Å². The summed E-state index contributed by atoms with van der Waals surface area (Å²) in [6, 6.07) is 22.7. The monoisotopic (exact) mass is 488 g/mol. The number of para-hydroxylation sites is 1. The van der Waals surface area contributed by atoms with E-state index in [9.17, 15) is 14.4 Å². The lowest BCUT2D eigenvalue weighted by Crippen LogP contribution is -2.50. The van der Waals surface area contributed by atoms with Gasteiger partial charge < -0.3 is 20.9 Å². The van der Waals surface area contributed by atoms with Crippen LogP contribution >= 0.6 is 11.6 Å². The second-order valence-electron chi connectivity index (χ2n) is 8.08. The van der Waals surface area contributed by atoms with Gasteiger partial charge in [-0.2, -0.15) is 0 Å². The highest BCUT2D eigenvalue weighted by molar-refractivity contribution is 6.30. The van der Waals surface area contributed by atoms with E-state index < -0.39 is 17.9 Å². The predicted octanol–water partition coefficient (Wildman–Crippen LogP) is 3.60. The Bertz CT molecular complexity index is 1320.